The second-order valence-electron chi connectivity index (χ2n) is 4.77. The number of nitrogens with zero attached hydrogens (tertiary/aromatic N) is 2. The van der Waals surface area contributed by atoms with Crippen molar-refractivity contribution in [3.05, 3.63) is 30.5 Å². The fourth-order valence-corrected chi connectivity index (χ4v) is 2.71. The van der Waals surface area contributed by atoms with Crippen LogP contribution < -0.4 is 10.6 Å². The molecular weight excluding hydrogens is 242 g/mol. The second-order valence-corrected chi connectivity index (χ2v) is 4.77. The number of hydrogen-bond donors (Lipinski definition) is 2. The Balaban J connectivity index is 2.15. The van der Waals surface area contributed by atoms with Gasteiger partial charge in [-0.25, -0.2) is 9.78 Å². The number of rotatable bonds is 2. The van der Waals surface area contributed by atoms with E-state index in [9.17, 15) is 9.90 Å². The molecule has 1 fully saturated rings. The van der Waals surface area contributed by atoms with Crippen molar-refractivity contribution in [1.29, 1.82) is 0 Å². The Morgan fingerprint density at radius 3 is 2.84 bits per heavy atom. The highest BCUT2D eigenvalue weighted by Crippen LogP contribution is 2.32. The van der Waals surface area contributed by atoms with Crippen LogP contribution in [-0.4, -0.2) is 28.6 Å². The van der Waals surface area contributed by atoms with Crippen molar-refractivity contribution in [2.45, 2.75) is 18.9 Å². The normalized spacial score (nSPS) is 18.9. The van der Waals surface area contributed by atoms with E-state index in [4.69, 9.17) is 5.73 Å². The third-order valence-corrected chi connectivity index (χ3v) is 3.61. The molecule has 1 aliphatic heterocycles. The topological polar surface area (TPSA) is 79.5 Å². The molecule has 3 N–H and O–H groups in total. The number of aliphatic carboxylic acids is 1. The van der Waals surface area contributed by atoms with E-state index in [1.54, 1.807) is 6.20 Å². The highest BCUT2D eigenvalue weighted by molar-refractivity contribution is 6.00. The third kappa shape index (κ3) is 1.87. The van der Waals surface area contributed by atoms with Gasteiger partial charge in [0.1, 0.15) is 11.9 Å². The summed E-state index contributed by atoms with van der Waals surface area (Å²) >= 11 is 0. The zero-order valence-corrected chi connectivity index (χ0v) is 10.4. The van der Waals surface area contributed by atoms with Gasteiger partial charge < -0.3 is 15.7 Å². The number of fused-ring (bicyclic) bond motifs is 1. The quantitative estimate of drug-likeness (QED) is 0.858. The van der Waals surface area contributed by atoms with Crippen molar-refractivity contribution in [1.82, 2.24) is 4.98 Å². The van der Waals surface area contributed by atoms with Crippen molar-refractivity contribution in [2.24, 2.45) is 0 Å². The average Bonchev–Trinajstić information content (AvgIpc) is 2.89. The smallest absolute Gasteiger partial charge is 0.326 e. The van der Waals surface area contributed by atoms with Gasteiger partial charge in [-0.15, -0.1) is 0 Å². The molecular formula is C14H15N3O2. The highest BCUT2D eigenvalue weighted by Gasteiger charge is 2.32. The lowest BCUT2D eigenvalue weighted by atomic mass is 10.1. The summed E-state index contributed by atoms with van der Waals surface area (Å²) in [5, 5.41) is 11.1. The summed E-state index contributed by atoms with van der Waals surface area (Å²) in [7, 11) is 0. The number of nitrogens with two attached hydrogens (primary N) is 1. The van der Waals surface area contributed by atoms with Gasteiger partial charge in [0.15, 0.2) is 0 Å². The number of carbonyl (C=O) groups is 1. The molecule has 0 bridgehead atoms. The maximum Gasteiger partial charge on any atom is 0.326 e. The van der Waals surface area contributed by atoms with E-state index in [-0.39, 0.29) is 0 Å². The molecule has 2 aromatic rings. The lowest BCUT2D eigenvalue weighted by Gasteiger charge is -2.24. The summed E-state index contributed by atoms with van der Waals surface area (Å²) in [5.74, 6) is -0.0742. The van der Waals surface area contributed by atoms with Gasteiger partial charge in [-0.05, 0) is 12.8 Å². The monoisotopic (exact) mass is 257 g/mol. The van der Waals surface area contributed by atoms with E-state index >= 15 is 0 Å². The molecule has 0 amide bonds. The SMILES string of the molecule is Nc1cnc(N2CCC[C@@H]2C(=O)O)c2ccccc12. The van der Waals surface area contributed by atoms with Crippen LogP contribution in [0.2, 0.25) is 0 Å². The minimum atomic E-state index is -0.791. The van der Waals surface area contributed by atoms with Crippen LogP contribution in [0.5, 0.6) is 0 Å². The Bertz CT molecular complexity index is 642. The summed E-state index contributed by atoms with van der Waals surface area (Å²) in [6.07, 6.45) is 3.14. The molecule has 1 aromatic carbocycles. The Hall–Kier alpha value is -2.30. The Morgan fingerprint density at radius 2 is 2.11 bits per heavy atom. The van der Waals surface area contributed by atoms with Crippen molar-refractivity contribution in [3.8, 4) is 0 Å². The zero-order chi connectivity index (χ0) is 13.4. The van der Waals surface area contributed by atoms with Crippen LogP contribution in [-0.2, 0) is 4.79 Å². The van der Waals surface area contributed by atoms with E-state index < -0.39 is 12.0 Å². The number of carboxylic acids is 1. The second kappa shape index (κ2) is 4.42. The maximum absolute atomic E-state index is 11.3. The molecule has 0 aliphatic carbocycles. The molecule has 19 heavy (non-hydrogen) atoms. The van der Waals surface area contributed by atoms with E-state index in [0.29, 0.717) is 12.1 Å². The third-order valence-electron chi connectivity index (χ3n) is 3.61. The predicted octanol–water partition coefficient (Wildman–Crippen LogP) is 1.87. The van der Waals surface area contributed by atoms with Gasteiger partial charge in [-0.1, -0.05) is 24.3 Å². The van der Waals surface area contributed by atoms with Crippen LogP contribution in [0, 0.1) is 0 Å². The molecule has 0 radical (unpaired) electrons. The molecule has 1 atom stereocenters. The summed E-state index contributed by atoms with van der Waals surface area (Å²) < 4.78 is 0. The van der Waals surface area contributed by atoms with E-state index in [1.807, 2.05) is 29.2 Å². The van der Waals surface area contributed by atoms with Crippen LogP contribution in [0.15, 0.2) is 30.5 Å². The van der Waals surface area contributed by atoms with E-state index in [2.05, 4.69) is 4.98 Å². The summed E-state index contributed by atoms with van der Waals surface area (Å²) in [4.78, 5) is 17.5. The zero-order valence-electron chi connectivity index (χ0n) is 10.4. The summed E-state index contributed by atoms with van der Waals surface area (Å²) in [6, 6.07) is 7.21. The number of nitrogen functional groups attached to an aromatic ring is 1. The fraction of sp³-hybridized carbons (Fsp3) is 0.286. The van der Waals surface area contributed by atoms with E-state index in [1.165, 1.54) is 0 Å². The van der Waals surface area contributed by atoms with Crippen molar-refractivity contribution in [3.63, 3.8) is 0 Å². The van der Waals surface area contributed by atoms with Gasteiger partial charge >= 0.3 is 5.97 Å². The molecule has 1 saturated heterocycles. The minimum Gasteiger partial charge on any atom is -0.480 e. The van der Waals surface area contributed by atoms with Gasteiger partial charge in [0.25, 0.3) is 0 Å². The Kier molecular flexibility index (Phi) is 2.74. The fourth-order valence-electron chi connectivity index (χ4n) is 2.71. The highest BCUT2D eigenvalue weighted by atomic mass is 16.4. The van der Waals surface area contributed by atoms with Crippen LogP contribution in [0.1, 0.15) is 12.8 Å². The number of carboxylic acid groups (broad SMARTS) is 1. The molecule has 5 heteroatoms. The number of pyridine rings is 1. The molecule has 2 heterocycles. The lowest BCUT2D eigenvalue weighted by molar-refractivity contribution is -0.138. The summed E-state index contributed by atoms with van der Waals surface area (Å²) in [6.45, 7) is 0.720. The first-order chi connectivity index (χ1) is 9.18. The minimum absolute atomic E-state index is 0.487. The maximum atomic E-state index is 11.3. The molecule has 98 valence electrons. The van der Waals surface area contributed by atoms with Crippen LogP contribution in [0.4, 0.5) is 11.5 Å². The first-order valence-electron chi connectivity index (χ1n) is 6.31. The van der Waals surface area contributed by atoms with Crippen LogP contribution in [0.25, 0.3) is 10.8 Å². The first kappa shape index (κ1) is 11.8. The predicted molar refractivity (Wildman–Crippen MR) is 74.2 cm³/mol. The largest absolute Gasteiger partial charge is 0.480 e. The molecule has 5 nitrogen and oxygen atoms in total. The number of anilines is 2. The van der Waals surface area contributed by atoms with Gasteiger partial charge in [-0.2, -0.15) is 0 Å². The number of aromatic nitrogens is 1. The van der Waals surface area contributed by atoms with Crippen LogP contribution >= 0.6 is 0 Å². The molecule has 0 spiro atoms. The molecule has 1 aliphatic rings. The molecule has 3 rings (SSSR count). The first-order valence-corrected chi connectivity index (χ1v) is 6.31. The number of benzene rings is 1. The van der Waals surface area contributed by atoms with Gasteiger partial charge in [0.2, 0.25) is 0 Å². The van der Waals surface area contributed by atoms with Crippen molar-refractivity contribution < 1.29 is 9.90 Å². The van der Waals surface area contributed by atoms with Crippen molar-refractivity contribution in [2.75, 3.05) is 17.2 Å². The summed E-state index contributed by atoms with van der Waals surface area (Å²) in [5.41, 5.74) is 6.54. The number of hydrogen-bond acceptors (Lipinski definition) is 4. The molecule has 0 saturated carbocycles. The molecule has 1 aromatic heterocycles. The Morgan fingerprint density at radius 1 is 1.37 bits per heavy atom. The average molecular weight is 257 g/mol. The lowest BCUT2D eigenvalue weighted by Crippen LogP contribution is -2.36. The standard InChI is InChI=1S/C14H15N3O2/c15-11-8-16-13(10-5-2-1-4-9(10)11)17-7-3-6-12(17)14(18)19/h1-2,4-5,8,12H,3,6-7,15H2,(H,18,19)/t12-/m1/s1. The van der Waals surface area contributed by atoms with Crippen LogP contribution in [0.3, 0.4) is 0 Å². The van der Waals surface area contributed by atoms with Gasteiger partial charge in [0, 0.05) is 17.3 Å². The van der Waals surface area contributed by atoms with Gasteiger partial charge in [0.05, 0.1) is 11.9 Å². The Labute approximate surface area is 110 Å². The van der Waals surface area contributed by atoms with E-state index in [0.717, 1.165) is 29.6 Å². The molecule has 0 unspecified atom stereocenters. The van der Waals surface area contributed by atoms with Crippen molar-refractivity contribution >= 4 is 28.2 Å². The van der Waals surface area contributed by atoms with Gasteiger partial charge in [-0.3, -0.25) is 0 Å².